The normalized spacial score (nSPS) is 17.2. The quantitative estimate of drug-likeness (QED) is 0.730. The Morgan fingerprint density at radius 2 is 2.17 bits per heavy atom. The first-order valence-corrected chi connectivity index (χ1v) is 8.55. The summed E-state index contributed by atoms with van der Waals surface area (Å²) in [7, 11) is 0. The van der Waals surface area contributed by atoms with E-state index in [0.29, 0.717) is 29.2 Å². The van der Waals surface area contributed by atoms with E-state index in [-0.39, 0.29) is 11.7 Å². The van der Waals surface area contributed by atoms with Crippen LogP contribution >= 0.6 is 11.6 Å². The van der Waals surface area contributed by atoms with Crippen molar-refractivity contribution >= 4 is 23.2 Å². The van der Waals surface area contributed by atoms with Crippen LogP contribution in [0.1, 0.15) is 53.1 Å². The van der Waals surface area contributed by atoms with E-state index in [9.17, 15) is 4.79 Å². The topological polar surface area (TPSA) is 60.1 Å². The van der Waals surface area contributed by atoms with E-state index in [1.54, 1.807) is 10.7 Å². The number of ketones is 1. The van der Waals surface area contributed by atoms with Gasteiger partial charge in [-0.3, -0.25) is 4.79 Å². The smallest absolute Gasteiger partial charge is 0.252 e. The van der Waals surface area contributed by atoms with Crippen LogP contribution in [0, 0.1) is 0 Å². The number of carbonyl (C=O) groups excluding carboxylic acids is 1. The van der Waals surface area contributed by atoms with Crippen molar-refractivity contribution in [2.45, 2.75) is 38.5 Å². The summed E-state index contributed by atoms with van der Waals surface area (Å²) in [5.41, 5.74) is 2.55. The number of hydrogen-bond donors (Lipinski definition) is 0. The van der Waals surface area contributed by atoms with Crippen LogP contribution in [0.25, 0.3) is 5.78 Å². The highest BCUT2D eigenvalue weighted by Gasteiger charge is 2.28. The van der Waals surface area contributed by atoms with Gasteiger partial charge in [-0.1, -0.05) is 30.7 Å². The number of fused-ring (bicyclic) bond motifs is 2. The van der Waals surface area contributed by atoms with Gasteiger partial charge in [0.25, 0.3) is 5.78 Å². The minimum Gasteiger partial charge on any atom is -0.294 e. The molecule has 4 rings (SSSR count). The zero-order valence-corrected chi connectivity index (χ0v) is 14.1. The van der Waals surface area contributed by atoms with Gasteiger partial charge in [0.2, 0.25) is 0 Å². The number of nitrogens with zero attached hydrogens (tertiary/aromatic N) is 4. The lowest BCUT2D eigenvalue weighted by atomic mass is 9.82. The van der Waals surface area contributed by atoms with Gasteiger partial charge in [0, 0.05) is 24.1 Å². The van der Waals surface area contributed by atoms with Crippen molar-refractivity contribution in [2.24, 2.45) is 0 Å². The molecule has 5 nitrogen and oxygen atoms in total. The molecule has 0 spiro atoms. The third-order valence-electron chi connectivity index (χ3n) is 4.42. The van der Waals surface area contributed by atoms with Crippen molar-refractivity contribution in [3.05, 3.63) is 58.1 Å². The molecule has 2 aromatic heterocycles. The standard InChI is InChI=1S/C18H17ClN4O/c1-2-4-17-21-18-20-15-8-12(11-5-3-6-13(19)7-11)9-16(24)14(15)10-23(18)22-17/h3,5-7,10,12H,2,4,8-9H2,1H3/t12-/m1/s1. The highest BCUT2D eigenvalue weighted by atomic mass is 35.5. The van der Waals surface area contributed by atoms with Crippen molar-refractivity contribution in [1.82, 2.24) is 19.6 Å². The molecule has 1 aliphatic rings. The van der Waals surface area contributed by atoms with Gasteiger partial charge < -0.3 is 0 Å². The number of benzene rings is 1. The molecule has 1 atom stereocenters. The molecule has 0 radical (unpaired) electrons. The first-order chi connectivity index (χ1) is 11.6. The molecule has 3 aromatic rings. The summed E-state index contributed by atoms with van der Waals surface area (Å²) in [6.07, 6.45) is 4.75. The molecule has 0 unspecified atom stereocenters. The number of halogens is 1. The zero-order valence-electron chi connectivity index (χ0n) is 13.4. The molecule has 2 heterocycles. The average molecular weight is 341 g/mol. The van der Waals surface area contributed by atoms with Gasteiger partial charge >= 0.3 is 0 Å². The Kier molecular flexibility index (Phi) is 3.81. The predicted molar refractivity (Wildman–Crippen MR) is 91.6 cm³/mol. The van der Waals surface area contributed by atoms with Gasteiger partial charge in [0.15, 0.2) is 11.6 Å². The molecule has 1 aromatic carbocycles. The van der Waals surface area contributed by atoms with E-state index < -0.39 is 0 Å². The minimum absolute atomic E-state index is 0.100. The van der Waals surface area contributed by atoms with E-state index in [1.807, 2.05) is 24.3 Å². The lowest BCUT2D eigenvalue weighted by Gasteiger charge is -2.23. The maximum absolute atomic E-state index is 12.6. The average Bonchev–Trinajstić information content (AvgIpc) is 2.94. The van der Waals surface area contributed by atoms with Crippen LogP contribution in [-0.2, 0) is 12.8 Å². The van der Waals surface area contributed by atoms with Crippen LogP contribution in [-0.4, -0.2) is 25.4 Å². The Labute approximate surface area is 144 Å². The molecular formula is C18H17ClN4O. The van der Waals surface area contributed by atoms with Crippen molar-refractivity contribution in [1.29, 1.82) is 0 Å². The summed E-state index contributed by atoms with van der Waals surface area (Å²) >= 11 is 6.09. The van der Waals surface area contributed by atoms with E-state index in [4.69, 9.17) is 11.6 Å². The Bertz CT molecular complexity index is 934. The molecular weight excluding hydrogens is 324 g/mol. The number of hydrogen-bond acceptors (Lipinski definition) is 4. The third kappa shape index (κ3) is 2.69. The van der Waals surface area contributed by atoms with Crippen LogP contribution in [0.2, 0.25) is 5.02 Å². The molecule has 0 bridgehead atoms. The van der Waals surface area contributed by atoms with E-state index >= 15 is 0 Å². The van der Waals surface area contributed by atoms with Gasteiger partial charge in [-0.15, -0.1) is 5.10 Å². The van der Waals surface area contributed by atoms with Crippen LogP contribution in [0.5, 0.6) is 0 Å². The van der Waals surface area contributed by atoms with Crippen LogP contribution in [0.15, 0.2) is 30.5 Å². The molecule has 0 fully saturated rings. The van der Waals surface area contributed by atoms with Crippen molar-refractivity contribution in [3.8, 4) is 0 Å². The molecule has 0 amide bonds. The second-order valence-electron chi connectivity index (χ2n) is 6.21. The van der Waals surface area contributed by atoms with Crippen LogP contribution in [0.4, 0.5) is 0 Å². The molecule has 1 aliphatic carbocycles. The van der Waals surface area contributed by atoms with E-state index in [0.717, 1.165) is 29.9 Å². The largest absolute Gasteiger partial charge is 0.294 e. The molecule has 0 saturated carbocycles. The van der Waals surface area contributed by atoms with Gasteiger partial charge in [-0.05, 0) is 36.5 Å². The Morgan fingerprint density at radius 1 is 1.29 bits per heavy atom. The number of aryl methyl sites for hydroxylation is 1. The fourth-order valence-electron chi connectivity index (χ4n) is 3.25. The molecule has 6 heteroatoms. The number of rotatable bonds is 3. The summed E-state index contributed by atoms with van der Waals surface area (Å²) in [5.74, 6) is 1.54. The highest BCUT2D eigenvalue weighted by Crippen LogP contribution is 2.32. The predicted octanol–water partition coefficient (Wildman–Crippen LogP) is 3.64. The fraction of sp³-hybridized carbons (Fsp3) is 0.333. The van der Waals surface area contributed by atoms with Crippen LogP contribution < -0.4 is 0 Å². The first kappa shape index (κ1) is 15.3. The van der Waals surface area contributed by atoms with E-state index in [2.05, 4.69) is 22.0 Å². The monoisotopic (exact) mass is 340 g/mol. The van der Waals surface area contributed by atoms with Gasteiger partial charge in [0.1, 0.15) is 0 Å². The minimum atomic E-state index is 0.100. The van der Waals surface area contributed by atoms with E-state index in [1.165, 1.54) is 0 Å². The summed E-state index contributed by atoms with van der Waals surface area (Å²) in [4.78, 5) is 21.7. The first-order valence-electron chi connectivity index (χ1n) is 8.18. The summed E-state index contributed by atoms with van der Waals surface area (Å²) in [6.45, 7) is 2.09. The summed E-state index contributed by atoms with van der Waals surface area (Å²) < 4.78 is 1.63. The number of carbonyl (C=O) groups is 1. The third-order valence-corrected chi connectivity index (χ3v) is 4.66. The van der Waals surface area contributed by atoms with Gasteiger partial charge in [0.05, 0.1) is 11.3 Å². The summed E-state index contributed by atoms with van der Waals surface area (Å²) in [5, 5.41) is 5.10. The molecule has 24 heavy (non-hydrogen) atoms. The Morgan fingerprint density at radius 3 is 2.96 bits per heavy atom. The fourth-order valence-corrected chi connectivity index (χ4v) is 3.45. The van der Waals surface area contributed by atoms with Crippen LogP contribution in [0.3, 0.4) is 0 Å². The van der Waals surface area contributed by atoms with Gasteiger partial charge in [-0.2, -0.15) is 4.98 Å². The number of Topliss-reactive ketones (excluding diaryl/α,β-unsaturated/α-hetero) is 1. The second-order valence-corrected chi connectivity index (χ2v) is 6.64. The van der Waals surface area contributed by atoms with Crippen molar-refractivity contribution in [3.63, 3.8) is 0 Å². The number of aromatic nitrogens is 4. The second kappa shape index (κ2) is 5.98. The zero-order chi connectivity index (χ0) is 16.7. The SMILES string of the molecule is CCCc1nc2nc3c(cn2n1)C(=O)C[C@H](c1cccc(Cl)c1)C3. The van der Waals surface area contributed by atoms with Crippen molar-refractivity contribution in [2.75, 3.05) is 0 Å². The Hall–Kier alpha value is -2.27. The summed E-state index contributed by atoms with van der Waals surface area (Å²) in [6, 6.07) is 7.71. The lowest BCUT2D eigenvalue weighted by molar-refractivity contribution is 0.0962. The van der Waals surface area contributed by atoms with Gasteiger partial charge in [-0.25, -0.2) is 9.50 Å². The highest BCUT2D eigenvalue weighted by molar-refractivity contribution is 6.30. The maximum atomic E-state index is 12.6. The lowest BCUT2D eigenvalue weighted by Crippen LogP contribution is -2.21. The van der Waals surface area contributed by atoms with Crippen molar-refractivity contribution < 1.29 is 4.79 Å². The maximum Gasteiger partial charge on any atom is 0.252 e. The molecule has 0 aliphatic heterocycles. The Balaban J connectivity index is 1.73. The molecule has 122 valence electrons. The molecule has 0 saturated heterocycles. The molecule has 0 N–H and O–H groups in total.